The molecule has 0 radical (unpaired) electrons. The average molecular weight is 455 g/mol. The number of urea groups is 1. The largest absolute Gasteiger partial charge is 0.339 e. The molecule has 2 aromatic heterocycles. The summed E-state index contributed by atoms with van der Waals surface area (Å²) in [7, 11) is 0. The number of pyridine rings is 1. The predicted molar refractivity (Wildman–Crippen MR) is 123 cm³/mol. The van der Waals surface area contributed by atoms with Crippen LogP contribution in [0.4, 0.5) is 4.79 Å². The zero-order valence-corrected chi connectivity index (χ0v) is 19.4. The van der Waals surface area contributed by atoms with Gasteiger partial charge in [0.2, 0.25) is 0 Å². The maximum atomic E-state index is 13.7. The fourth-order valence-electron chi connectivity index (χ4n) is 4.75. The van der Waals surface area contributed by atoms with Crippen LogP contribution in [-0.4, -0.2) is 51.3 Å². The number of imide groups is 1. The number of hydrogen-bond acceptors (Lipinski definition) is 5. The molecule has 4 rings (SSSR count). The number of thiophene rings is 1. The van der Waals surface area contributed by atoms with Crippen LogP contribution < -0.4 is 5.32 Å². The third kappa shape index (κ3) is 4.41. The lowest BCUT2D eigenvalue weighted by Crippen LogP contribution is -2.56. The minimum atomic E-state index is -0.909. The molecule has 170 valence electrons. The number of amides is 4. The maximum Gasteiger partial charge on any atom is 0.325 e. The van der Waals surface area contributed by atoms with Crippen LogP contribution in [0.25, 0.3) is 0 Å². The molecule has 2 aromatic rings. The highest BCUT2D eigenvalue weighted by Gasteiger charge is 2.55. The molecule has 2 aliphatic rings. The van der Waals surface area contributed by atoms with Gasteiger partial charge in [-0.15, -0.1) is 0 Å². The Labute approximate surface area is 192 Å². The van der Waals surface area contributed by atoms with Crippen LogP contribution in [0.15, 0.2) is 41.2 Å². The van der Waals surface area contributed by atoms with Gasteiger partial charge in [-0.25, -0.2) is 4.79 Å². The average Bonchev–Trinajstić information content (AvgIpc) is 3.42. The van der Waals surface area contributed by atoms with Gasteiger partial charge < -0.3 is 10.2 Å². The van der Waals surface area contributed by atoms with E-state index in [0.717, 1.165) is 12.0 Å². The Balaban J connectivity index is 1.51. The van der Waals surface area contributed by atoms with Gasteiger partial charge in [0.25, 0.3) is 11.8 Å². The number of aromatic nitrogens is 1. The number of carbonyl (C=O) groups is 3. The van der Waals surface area contributed by atoms with Gasteiger partial charge in [-0.05, 0) is 61.1 Å². The fourth-order valence-corrected chi connectivity index (χ4v) is 5.38. The second kappa shape index (κ2) is 9.40. The lowest BCUT2D eigenvalue weighted by atomic mass is 9.73. The summed E-state index contributed by atoms with van der Waals surface area (Å²) in [6.07, 6.45) is 4.50. The highest BCUT2D eigenvalue weighted by atomic mass is 32.1. The summed E-state index contributed by atoms with van der Waals surface area (Å²) in [6.45, 7) is 5.61. The number of likely N-dealkylation sites (tertiary alicyclic amines) is 1. The summed E-state index contributed by atoms with van der Waals surface area (Å²) in [5.41, 5.74) is 0.495. The Kier molecular flexibility index (Phi) is 6.60. The number of nitrogens with zero attached hydrogens (tertiary/aromatic N) is 3. The van der Waals surface area contributed by atoms with Gasteiger partial charge in [0.15, 0.2) is 0 Å². The molecule has 2 fully saturated rings. The molecule has 2 saturated heterocycles. The van der Waals surface area contributed by atoms with Crippen LogP contribution in [0, 0.1) is 11.8 Å². The van der Waals surface area contributed by atoms with Gasteiger partial charge in [-0.1, -0.05) is 19.9 Å². The van der Waals surface area contributed by atoms with Crippen molar-refractivity contribution in [3.63, 3.8) is 0 Å². The van der Waals surface area contributed by atoms with Crippen LogP contribution in [0.1, 0.15) is 55.6 Å². The minimum absolute atomic E-state index is 0.00189. The quantitative estimate of drug-likeness (QED) is 0.643. The molecule has 0 aromatic carbocycles. The normalized spacial score (nSPS) is 22.0. The van der Waals surface area contributed by atoms with Gasteiger partial charge in [0, 0.05) is 24.7 Å². The van der Waals surface area contributed by atoms with E-state index in [4.69, 9.17) is 0 Å². The Hall–Kier alpha value is -2.74. The predicted octanol–water partition coefficient (Wildman–Crippen LogP) is 3.92. The summed E-state index contributed by atoms with van der Waals surface area (Å²) < 4.78 is 0. The molecule has 8 heteroatoms. The van der Waals surface area contributed by atoms with Gasteiger partial charge in [-0.3, -0.25) is 19.5 Å². The number of hydrogen-bond donors (Lipinski definition) is 1. The minimum Gasteiger partial charge on any atom is -0.339 e. The first kappa shape index (κ1) is 22.5. The van der Waals surface area contributed by atoms with Crippen molar-refractivity contribution in [2.45, 2.75) is 51.6 Å². The van der Waals surface area contributed by atoms with E-state index in [2.05, 4.69) is 24.1 Å². The van der Waals surface area contributed by atoms with E-state index in [1.807, 2.05) is 39.9 Å². The highest BCUT2D eigenvalue weighted by Crippen LogP contribution is 2.38. The van der Waals surface area contributed by atoms with Gasteiger partial charge >= 0.3 is 6.03 Å². The van der Waals surface area contributed by atoms with Gasteiger partial charge in [-0.2, -0.15) is 11.3 Å². The van der Waals surface area contributed by atoms with Crippen molar-refractivity contribution >= 4 is 29.2 Å². The molecule has 7 nitrogen and oxygen atoms in total. The van der Waals surface area contributed by atoms with Crippen molar-refractivity contribution in [1.29, 1.82) is 0 Å². The summed E-state index contributed by atoms with van der Waals surface area (Å²) >= 11 is 1.51. The zero-order chi connectivity index (χ0) is 22.7. The topological polar surface area (TPSA) is 82.6 Å². The molecule has 1 N–H and O–H groups in total. The first-order valence-electron chi connectivity index (χ1n) is 11.3. The third-order valence-corrected chi connectivity index (χ3v) is 7.29. The van der Waals surface area contributed by atoms with Crippen molar-refractivity contribution in [2.24, 2.45) is 11.8 Å². The molecule has 0 bridgehead atoms. The van der Waals surface area contributed by atoms with Crippen LogP contribution in [0.5, 0.6) is 0 Å². The van der Waals surface area contributed by atoms with E-state index in [-0.39, 0.29) is 30.3 Å². The SMILES string of the molecule is CC(C)CC[C@@]1(C2CCN(C(=O)c3ccsc3)CC2)NC(=O)N(Cc2ccccn2)C1=O. The molecule has 0 spiro atoms. The molecule has 0 aliphatic carbocycles. The van der Waals surface area contributed by atoms with E-state index in [0.29, 0.717) is 44.0 Å². The molecule has 0 saturated carbocycles. The summed E-state index contributed by atoms with van der Waals surface area (Å²) in [5, 5.41) is 6.87. The van der Waals surface area contributed by atoms with Crippen molar-refractivity contribution < 1.29 is 14.4 Å². The highest BCUT2D eigenvalue weighted by molar-refractivity contribution is 7.08. The van der Waals surface area contributed by atoms with Crippen LogP contribution in [-0.2, 0) is 11.3 Å². The standard InChI is InChI=1S/C24H30N4O3S/c1-17(2)6-10-24(19-7-12-27(13-8-19)21(29)18-9-14-32-16-18)22(30)28(23(31)26-24)15-20-5-3-4-11-25-20/h3-5,9,11,14,16-17,19H,6-8,10,12-13,15H2,1-2H3,(H,26,31)/t24-/m0/s1. The van der Waals surface area contributed by atoms with Crippen molar-refractivity contribution in [3.05, 3.63) is 52.5 Å². The number of rotatable bonds is 7. The van der Waals surface area contributed by atoms with E-state index in [9.17, 15) is 14.4 Å². The Morgan fingerprint density at radius 3 is 2.66 bits per heavy atom. The van der Waals surface area contributed by atoms with Gasteiger partial charge in [0.1, 0.15) is 5.54 Å². The fraction of sp³-hybridized carbons (Fsp3) is 0.500. The van der Waals surface area contributed by atoms with Crippen molar-refractivity contribution in [3.8, 4) is 0 Å². The molecule has 32 heavy (non-hydrogen) atoms. The number of piperidine rings is 1. The second-order valence-corrected chi connectivity index (χ2v) is 9.90. The van der Waals surface area contributed by atoms with Crippen LogP contribution >= 0.6 is 11.3 Å². The smallest absolute Gasteiger partial charge is 0.325 e. The van der Waals surface area contributed by atoms with E-state index >= 15 is 0 Å². The summed E-state index contributed by atoms with van der Waals surface area (Å²) in [6, 6.07) is 6.99. The van der Waals surface area contributed by atoms with Crippen LogP contribution in [0.2, 0.25) is 0 Å². The first-order valence-corrected chi connectivity index (χ1v) is 12.2. The van der Waals surface area contributed by atoms with Crippen molar-refractivity contribution in [1.82, 2.24) is 20.1 Å². The lowest BCUT2D eigenvalue weighted by molar-refractivity contribution is -0.134. The van der Waals surface area contributed by atoms with Gasteiger partial charge in [0.05, 0.1) is 17.8 Å². The van der Waals surface area contributed by atoms with E-state index in [1.54, 1.807) is 6.20 Å². The Bertz CT molecular complexity index is 955. The third-order valence-electron chi connectivity index (χ3n) is 6.61. The number of nitrogens with one attached hydrogen (secondary N) is 1. The molecule has 2 aliphatic heterocycles. The van der Waals surface area contributed by atoms with E-state index < -0.39 is 5.54 Å². The van der Waals surface area contributed by atoms with Crippen molar-refractivity contribution in [2.75, 3.05) is 13.1 Å². The lowest BCUT2D eigenvalue weighted by Gasteiger charge is -2.41. The maximum absolute atomic E-state index is 13.7. The second-order valence-electron chi connectivity index (χ2n) is 9.12. The molecule has 0 unspecified atom stereocenters. The summed E-state index contributed by atoms with van der Waals surface area (Å²) in [4.78, 5) is 46.8. The molecule has 4 amide bonds. The van der Waals surface area contributed by atoms with E-state index in [1.165, 1.54) is 16.2 Å². The molecule has 1 atom stereocenters. The molecule has 4 heterocycles. The Morgan fingerprint density at radius 1 is 1.25 bits per heavy atom. The summed E-state index contributed by atoms with van der Waals surface area (Å²) in [5.74, 6) is 0.301. The molecular formula is C24H30N4O3S. The Morgan fingerprint density at radius 2 is 2.03 bits per heavy atom. The number of carbonyl (C=O) groups excluding carboxylic acids is 3. The molecular weight excluding hydrogens is 424 g/mol. The van der Waals surface area contributed by atoms with Crippen LogP contribution in [0.3, 0.4) is 0 Å². The zero-order valence-electron chi connectivity index (χ0n) is 18.6. The first-order chi connectivity index (χ1) is 15.4. The monoisotopic (exact) mass is 454 g/mol.